The highest BCUT2D eigenvalue weighted by atomic mass is 16.5. The van der Waals surface area contributed by atoms with Gasteiger partial charge in [-0.1, -0.05) is 12.1 Å². The van der Waals surface area contributed by atoms with Crippen molar-refractivity contribution in [3.05, 3.63) is 11.8 Å². The van der Waals surface area contributed by atoms with Gasteiger partial charge in [0, 0.05) is 12.0 Å². The SMILES string of the molecule is CC1CC1c1cc(N)no1. The molecule has 0 amide bonds. The van der Waals surface area contributed by atoms with E-state index in [4.69, 9.17) is 10.3 Å². The van der Waals surface area contributed by atoms with Crippen LogP contribution in [0.4, 0.5) is 5.82 Å². The fourth-order valence-corrected chi connectivity index (χ4v) is 1.20. The van der Waals surface area contributed by atoms with Crippen molar-refractivity contribution >= 4 is 5.82 Å². The lowest BCUT2D eigenvalue weighted by molar-refractivity contribution is 0.384. The van der Waals surface area contributed by atoms with Gasteiger partial charge in [-0.05, 0) is 12.3 Å². The van der Waals surface area contributed by atoms with Gasteiger partial charge in [-0.3, -0.25) is 0 Å². The molecule has 1 aromatic heterocycles. The van der Waals surface area contributed by atoms with Crippen LogP contribution in [0.3, 0.4) is 0 Å². The molecule has 10 heavy (non-hydrogen) atoms. The molecule has 3 heteroatoms. The second kappa shape index (κ2) is 1.75. The Morgan fingerprint density at radius 3 is 2.90 bits per heavy atom. The predicted molar refractivity (Wildman–Crippen MR) is 37.4 cm³/mol. The smallest absolute Gasteiger partial charge is 0.167 e. The molecule has 1 aromatic rings. The summed E-state index contributed by atoms with van der Waals surface area (Å²) in [7, 11) is 0. The third kappa shape index (κ3) is 0.781. The van der Waals surface area contributed by atoms with E-state index in [-0.39, 0.29) is 0 Å². The van der Waals surface area contributed by atoms with Crippen LogP contribution in [0.15, 0.2) is 10.6 Å². The van der Waals surface area contributed by atoms with Gasteiger partial charge in [-0.2, -0.15) is 0 Å². The van der Waals surface area contributed by atoms with Crippen LogP contribution in [0.5, 0.6) is 0 Å². The van der Waals surface area contributed by atoms with Gasteiger partial charge in [0.1, 0.15) is 5.76 Å². The van der Waals surface area contributed by atoms with E-state index in [1.165, 1.54) is 6.42 Å². The van der Waals surface area contributed by atoms with Crippen LogP contribution in [0, 0.1) is 5.92 Å². The van der Waals surface area contributed by atoms with Crippen LogP contribution in [0.1, 0.15) is 25.0 Å². The molecule has 2 rings (SSSR count). The fourth-order valence-electron chi connectivity index (χ4n) is 1.20. The zero-order valence-electron chi connectivity index (χ0n) is 5.87. The molecule has 2 N–H and O–H groups in total. The molecule has 2 atom stereocenters. The van der Waals surface area contributed by atoms with Crippen LogP contribution < -0.4 is 5.73 Å². The van der Waals surface area contributed by atoms with Crippen molar-refractivity contribution in [1.82, 2.24) is 5.16 Å². The maximum atomic E-state index is 5.38. The summed E-state index contributed by atoms with van der Waals surface area (Å²) in [6, 6.07) is 1.81. The van der Waals surface area contributed by atoms with Crippen molar-refractivity contribution in [2.75, 3.05) is 5.73 Å². The summed E-state index contributed by atoms with van der Waals surface area (Å²) in [4.78, 5) is 0. The summed E-state index contributed by atoms with van der Waals surface area (Å²) in [5.41, 5.74) is 5.38. The van der Waals surface area contributed by atoms with Gasteiger partial charge >= 0.3 is 0 Å². The first kappa shape index (κ1) is 5.77. The van der Waals surface area contributed by atoms with Gasteiger partial charge < -0.3 is 10.3 Å². The Kier molecular flexibility index (Phi) is 1.01. The number of nitrogens with zero attached hydrogens (tertiary/aromatic N) is 1. The summed E-state index contributed by atoms with van der Waals surface area (Å²) in [6.07, 6.45) is 1.22. The van der Waals surface area contributed by atoms with Crippen LogP contribution in [-0.4, -0.2) is 5.16 Å². The van der Waals surface area contributed by atoms with Gasteiger partial charge in [-0.25, -0.2) is 0 Å². The third-order valence-electron chi connectivity index (χ3n) is 2.02. The van der Waals surface area contributed by atoms with E-state index >= 15 is 0 Å². The number of nitrogens with two attached hydrogens (primary N) is 1. The summed E-state index contributed by atoms with van der Waals surface area (Å²) in [6.45, 7) is 2.20. The van der Waals surface area contributed by atoms with Gasteiger partial charge in [0.2, 0.25) is 0 Å². The van der Waals surface area contributed by atoms with Crippen LogP contribution in [0.2, 0.25) is 0 Å². The zero-order valence-corrected chi connectivity index (χ0v) is 5.87. The van der Waals surface area contributed by atoms with Gasteiger partial charge in [0.25, 0.3) is 0 Å². The molecular formula is C7H10N2O. The molecule has 0 radical (unpaired) electrons. The average Bonchev–Trinajstić information content (AvgIpc) is 2.42. The second-order valence-electron chi connectivity index (χ2n) is 2.97. The van der Waals surface area contributed by atoms with E-state index in [0.29, 0.717) is 11.7 Å². The Hall–Kier alpha value is -0.990. The Bertz CT molecular complexity index is 244. The van der Waals surface area contributed by atoms with E-state index in [9.17, 15) is 0 Å². The zero-order chi connectivity index (χ0) is 7.14. The monoisotopic (exact) mass is 138 g/mol. The molecule has 1 saturated carbocycles. The Morgan fingerprint density at radius 1 is 1.80 bits per heavy atom. The van der Waals surface area contributed by atoms with Gasteiger partial charge in [0.15, 0.2) is 5.82 Å². The topological polar surface area (TPSA) is 52.0 Å². The second-order valence-corrected chi connectivity index (χ2v) is 2.97. The molecule has 1 fully saturated rings. The molecule has 2 unspecified atom stereocenters. The van der Waals surface area contributed by atoms with Crippen molar-refractivity contribution < 1.29 is 4.52 Å². The van der Waals surface area contributed by atoms with Crippen molar-refractivity contribution in [1.29, 1.82) is 0 Å². The first-order valence-electron chi connectivity index (χ1n) is 3.49. The average molecular weight is 138 g/mol. The molecule has 3 nitrogen and oxygen atoms in total. The molecule has 0 saturated heterocycles. The van der Waals surface area contributed by atoms with Crippen molar-refractivity contribution in [3.8, 4) is 0 Å². The number of hydrogen-bond donors (Lipinski definition) is 1. The minimum Gasteiger partial charge on any atom is -0.381 e. The van der Waals surface area contributed by atoms with Crippen molar-refractivity contribution in [2.24, 2.45) is 5.92 Å². The predicted octanol–water partition coefficient (Wildman–Crippen LogP) is 1.38. The van der Waals surface area contributed by atoms with E-state index in [2.05, 4.69) is 12.1 Å². The number of rotatable bonds is 1. The van der Waals surface area contributed by atoms with E-state index < -0.39 is 0 Å². The summed E-state index contributed by atoms with van der Waals surface area (Å²) >= 11 is 0. The number of nitrogen functional groups attached to an aromatic ring is 1. The first-order valence-corrected chi connectivity index (χ1v) is 3.49. The highest BCUT2D eigenvalue weighted by molar-refractivity contribution is 5.30. The Balaban J connectivity index is 2.20. The molecule has 1 aliphatic carbocycles. The minimum atomic E-state index is 0.495. The molecule has 0 spiro atoms. The largest absolute Gasteiger partial charge is 0.381 e. The van der Waals surface area contributed by atoms with Crippen LogP contribution >= 0.6 is 0 Å². The quantitative estimate of drug-likeness (QED) is 0.637. The molecule has 1 aliphatic rings. The van der Waals surface area contributed by atoms with Gasteiger partial charge in [-0.15, -0.1) is 0 Å². The molecule has 1 heterocycles. The Morgan fingerprint density at radius 2 is 2.50 bits per heavy atom. The van der Waals surface area contributed by atoms with E-state index in [0.717, 1.165) is 11.7 Å². The third-order valence-corrected chi connectivity index (χ3v) is 2.02. The van der Waals surface area contributed by atoms with E-state index in [1.807, 2.05) is 6.07 Å². The van der Waals surface area contributed by atoms with Crippen LogP contribution in [-0.2, 0) is 0 Å². The summed E-state index contributed by atoms with van der Waals surface area (Å²) < 4.78 is 4.98. The number of anilines is 1. The minimum absolute atomic E-state index is 0.495. The maximum Gasteiger partial charge on any atom is 0.167 e. The van der Waals surface area contributed by atoms with E-state index in [1.54, 1.807) is 0 Å². The fraction of sp³-hybridized carbons (Fsp3) is 0.571. The van der Waals surface area contributed by atoms with Gasteiger partial charge in [0.05, 0.1) is 0 Å². The summed E-state index contributed by atoms with van der Waals surface area (Å²) in [5, 5.41) is 3.62. The highest BCUT2D eigenvalue weighted by Gasteiger charge is 2.37. The lowest BCUT2D eigenvalue weighted by Crippen LogP contribution is -1.80. The molecule has 0 bridgehead atoms. The van der Waals surface area contributed by atoms with Crippen LogP contribution in [0.25, 0.3) is 0 Å². The highest BCUT2D eigenvalue weighted by Crippen LogP contribution is 2.47. The maximum absolute atomic E-state index is 5.38. The number of hydrogen-bond acceptors (Lipinski definition) is 3. The standard InChI is InChI=1S/C7H10N2O/c1-4-2-5(4)6-3-7(8)9-10-6/h3-5H,2H2,1H3,(H2,8,9). The molecule has 0 aliphatic heterocycles. The number of aromatic nitrogens is 1. The van der Waals surface area contributed by atoms with Crippen molar-refractivity contribution in [2.45, 2.75) is 19.3 Å². The molecular weight excluding hydrogens is 128 g/mol. The first-order chi connectivity index (χ1) is 4.77. The molecule has 0 aromatic carbocycles. The van der Waals surface area contributed by atoms with Crippen molar-refractivity contribution in [3.63, 3.8) is 0 Å². The normalized spacial score (nSPS) is 30.5. The lowest BCUT2D eigenvalue weighted by Gasteiger charge is -1.83. The molecule has 54 valence electrons. The summed E-state index contributed by atoms with van der Waals surface area (Å²) in [5.74, 6) is 2.79. The lowest BCUT2D eigenvalue weighted by atomic mass is 10.3. The Labute approximate surface area is 59.2 Å².